The molecule has 2 atom stereocenters. The summed E-state index contributed by atoms with van der Waals surface area (Å²) in [5.74, 6) is 1.36. The van der Waals surface area contributed by atoms with Gasteiger partial charge in [0.25, 0.3) is 0 Å². The van der Waals surface area contributed by atoms with Crippen LogP contribution in [0.1, 0.15) is 42.2 Å². The molecule has 0 spiro atoms. The number of carbonyl (C=O) groups excluding carboxylic acids is 2. The maximum atomic E-state index is 13.2. The zero-order chi connectivity index (χ0) is 21.3. The molecule has 2 aliphatic rings. The lowest BCUT2D eigenvalue weighted by Gasteiger charge is -2.34. The van der Waals surface area contributed by atoms with Crippen molar-refractivity contribution in [3.05, 3.63) is 64.9 Å². The lowest BCUT2D eigenvalue weighted by molar-refractivity contribution is -0.122. The molecule has 0 saturated heterocycles. The van der Waals surface area contributed by atoms with Crippen molar-refractivity contribution >= 4 is 11.7 Å². The number of carbonyl (C=O) groups is 2. The van der Waals surface area contributed by atoms with Gasteiger partial charge in [-0.15, -0.1) is 0 Å². The molecule has 1 aliphatic heterocycles. The normalized spacial score (nSPS) is 21.0. The molecule has 0 radical (unpaired) electrons. The molecule has 1 heterocycles. The van der Waals surface area contributed by atoms with E-state index in [0.29, 0.717) is 36.5 Å². The summed E-state index contributed by atoms with van der Waals surface area (Å²) in [7, 11) is 4.70. The van der Waals surface area contributed by atoms with Gasteiger partial charge in [0.15, 0.2) is 17.3 Å². The fourth-order valence-electron chi connectivity index (χ4n) is 4.50. The highest BCUT2D eigenvalue weighted by molar-refractivity contribution is 6.02. The van der Waals surface area contributed by atoms with Crippen molar-refractivity contribution in [2.75, 3.05) is 21.3 Å². The average molecular weight is 407 g/mol. The number of ether oxygens (including phenoxy) is 3. The molecule has 2 aromatic rings. The minimum atomic E-state index is -0.191. The number of benzene rings is 2. The molecule has 0 saturated carbocycles. The molecule has 1 aliphatic carbocycles. The Balaban J connectivity index is 1.72. The number of Topliss-reactive ketones (excluding diaryl/α,β-unsaturated/α-hetero) is 1. The van der Waals surface area contributed by atoms with Gasteiger partial charge < -0.3 is 19.5 Å². The third-order valence-electron chi connectivity index (χ3n) is 5.90. The maximum absolute atomic E-state index is 13.2. The minimum absolute atomic E-state index is 0.0547. The van der Waals surface area contributed by atoms with Gasteiger partial charge in [-0.3, -0.25) is 9.59 Å². The van der Waals surface area contributed by atoms with Gasteiger partial charge in [-0.25, -0.2) is 0 Å². The number of nitrogens with one attached hydrogen (secondary N) is 1. The standard InChI is InChI=1S/C24H25NO5/c1-28-20-11-16(12-21(29-2)24(20)30-3)15-9-18-23(19(26)10-15)17(13-22(27)25-18)14-7-5-4-6-8-14/h4-8,11-12,15,17H,9-10,13H2,1-3H3,(H,25,27)/t15-,17+/m1/s1. The number of hydrogen-bond acceptors (Lipinski definition) is 5. The van der Waals surface area contributed by atoms with E-state index in [1.165, 1.54) is 0 Å². The Labute approximate surface area is 175 Å². The van der Waals surface area contributed by atoms with Gasteiger partial charge in [-0.1, -0.05) is 30.3 Å². The van der Waals surface area contributed by atoms with Crippen LogP contribution in [0, 0.1) is 0 Å². The molecule has 0 bridgehead atoms. The van der Waals surface area contributed by atoms with Crippen molar-refractivity contribution in [2.24, 2.45) is 0 Å². The van der Waals surface area contributed by atoms with E-state index in [4.69, 9.17) is 14.2 Å². The first-order valence-corrected chi connectivity index (χ1v) is 9.96. The Morgan fingerprint density at radius 2 is 1.50 bits per heavy atom. The molecule has 6 heteroatoms. The second-order valence-corrected chi connectivity index (χ2v) is 7.59. The van der Waals surface area contributed by atoms with Crippen LogP contribution in [0.2, 0.25) is 0 Å². The fraction of sp³-hybridized carbons (Fsp3) is 0.333. The minimum Gasteiger partial charge on any atom is -0.493 e. The van der Waals surface area contributed by atoms with E-state index >= 15 is 0 Å². The lowest BCUT2D eigenvalue weighted by atomic mass is 9.73. The third kappa shape index (κ3) is 3.54. The first-order valence-electron chi connectivity index (χ1n) is 9.96. The van der Waals surface area contributed by atoms with Crippen molar-refractivity contribution in [1.82, 2.24) is 5.32 Å². The van der Waals surface area contributed by atoms with Crippen LogP contribution >= 0.6 is 0 Å². The van der Waals surface area contributed by atoms with Crippen LogP contribution in [0.15, 0.2) is 53.7 Å². The van der Waals surface area contributed by atoms with E-state index < -0.39 is 0 Å². The summed E-state index contributed by atoms with van der Waals surface area (Å²) in [5, 5.41) is 2.96. The first kappa shape index (κ1) is 20.0. The van der Waals surface area contributed by atoms with E-state index in [2.05, 4.69) is 5.32 Å². The maximum Gasteiger partial charge on any atom is 0.225 e. The van der Waals surface area contributed by atoms with E-state index in [1.54, 1.807) is 21.3 Å². The number of ketones is 1. The zero-order valence-corrected chi connectivity index (χ0v) is 17.4. The summed E-state index contributed by atoms with van der Waals surface area (Å²) < 4.78 is 16.3. The monoisotopic (exact) mass is 407 g/mol. The largest absolute Gasteiger partial charge is 0.493 e. The smallest absolute Gasteiger partial charge is 0.225 e. The molecule has 6 nitrogen and oxygen atoms in total. The highest BCUT2D eigenvalue weighted by atomic mass is 16.5. The van der Waals surface area contributed by atoms with E-state index in [1.807, 2.05) is 42.5 Å². The third-order valence-corrected chi connectivity index (χ3v) is 5.90. The number of amides is 1. The highest BCUT2D eigenvalue weighted by Gasteiger charge is 2.38. The van der Waals surface area contributed by atoms with Crippen LogP contribution in [0.3, 0.4) is 0 Å². The average Bonchev–Trinajstić information content (AvgIpc) is 2.77. The second-order valence-electron chi connectivity index (χ2n) is 7.59. The summed E-state index contributed by atoms with van der Waals surface area (Å²) >= 11 is 0. The van der Waals surface area contributed by atoms with Crippen molar-refractivity contribution < 1.29 is 23.8 Å². The summed E-state index contributed by atoms with van der Waals surface area (Å²) in [5.41, 5.74) is 3.39. The van der Waals surface area contributed by atoms with Gasteiger partial charge in [-0.2, -0.15) is 0 Å². The molecular weight excluding hydrogens is 382 g/mol. The SMILES string of the molecule is COc1cc([C@H]2CC(=O)C3=C(C2)NC(=O)C[C@H]3c2ccccc2)cc(OC)c1OC. The second kappa shape index (κ2) is 8.22. The first-order chi connectivity index (χ1) is 14.5. The van der Waals surface area contributed by atoms with Crippen molar-refractivity contribution in [3.63, 3.8) is 0 Å². The van der Waals surface area contributed by atoms with Crippen LogP contribution in [0.4, 0.5) is 0 Å². The van der Waals surface area contributed by atoms with E-state index in [9.17, 15) is 9.59 Å². The van der Waals surface area contributed by atoms with Gasteiger partial charge in [0, 0.05) is 30.0 Å². The Hall–Kier alpha value is -3.28. The molecule has 1 N–H and O–H groups in total. The molecular formula is C24H25NO5. The van der Waals surface area contributed by atoms with Crippen LogP contribution in [0.5, 0.6) is 17.2 Å². The Morgan fingerprint density at radius 1 is 0.833 bits per heavy atom. The lowest BCUT2D eigenvalue weighted by Crippen LogP contribution is -2.38. The van der Waals surface area contributed by atoms with Gasteiger partial charge in [-0.05, 0) is 35.6 Å². The fourth-order valence-corrected chi connectivity index (χ4v) is 4.50. The van der Waals surface area contributed by atoms with Gasteiger partial charge >= 0.3 is 0 Å². The van der Waals surface area contributed by atoms with Crippen molar-refractivity contribution in [2.45, 2.75) is 31.1 Å². The Bertz CT molecular complexity index is 987. The number of methoxy groups -OCH3 is 3. The van der Waals surface area contributed by atoms with E-state index in [-0.39, 0.29) is 23.5 Å². The molecule has 1 amide bonds. The quantitative estimate of drug-likeness (QED) is 0.818. The summed E-state index contributed by atoms with van der Waals surface area (Å²) in [6, 6.07) is 13.5. The predicted octanol–water partition coefficient (Wildman–Crippen LogP) is 3.72. The van der Waals surface area contributed by atoms with Crippen LogP contribution in [-0.2, 0) is 9.59 Å². The van der Waals surface area contributed by atoms with Gasteiger partial charge in [0.2, 0.25) is 11.7 Å². The summed E-state index contributed by atoms with van der Waals surface area (Å²) in [6.07, 6.45) is 1.24. The molecule has 0 aromatic heterocycles. The van der Waals surface area contributed by atoms with Gasteiger partial charge in [0.05, 0.1) is 21.3 Å². The molecule has 2 aromatic carbocycles. The Morgan fingerprint density at radius 3 is 2.10 bits per heavy atom. The topological polar surface area (TPSA) is 73.9 Å². The van der Waals surface area contributed by atoms with Crippen LogP contribution in [-0.4, -0.2) is 33.0 Å². The Kier molecular flexibility index (Phi) is 5.48. The van der Waals surface area contributed by atoms with Crippen LogP contribution in [0.25, 0.3) is 0 Å². The zero-order valence-electron chi connectivity index (χ0n) is 17.4. The van der Waals surface area contributed by atoms with Crippen molar-refractivity contribution in [1.29, 1.82) is 0 Å². The van der Waals surface area contributed by atoms with Crippen LogP contribution < -0.4 is 19.5 Å². The molecule has 0 unspecified atom stereocenters. The molecule has 4 rings (SSSR count). The number of hydrogen-bond donors (Lipinski definition) is 1. The van der Waals surface area contributed by atoms with E-state index in [0.717, 1.165) is 22.4 Å². The number of allylic oxidation sites excluding steroid dienone is 2. The summed E-state index contributed by atoms with van der Waals surface area (Å²) in [4.78, 5) is 25.7. The number of rotatable bonds is 5. The molecule has 156 valence electrons. The predicted molar refractivity (Wildman–Crippen MR) is 112 cm³/mol. The summed E-state index contributed by atoms with van der Waals surface area (Å²) in [6.45, 7) is 0. The molecule has 30 heavy (non-hydrogen) atoms. The van der Waals surface area contributed by atoms with Crippen molar-refractivity contribution in [3.8, 4) is 17.2 Å². The highest BCUT2D eigenvalue weighted by Crippen LogP contribution is 2.46. The van der Waals surface area contributed by atoms with Gasteiger partial charge in [0.1, 0.15) is 0 Å². The molecule has 0 fully saturated rings.